The Morgan fingerprint density at radius 3 is 2.37 bits per heavy atom. The highest BCUT2D eigenvalue weighted by molar-refractivity contribution is 5.97. The van der Waals surface area contributed by atoms with Crippen LogP contribution in [0.5, 0.6) is 0 Å². The van der Waals surface area contributed by atoms with Crippen LogP contribution in [-0.2, 0) is 22.3 Å². The van der Waals surface area contributed by atoms with E-state index in [0.717, 1.165) is 12.1 Å². The van der Waals surface area contributed by atoms with Gasteiger partial charge in [0, 0.05) is 5.56 Å². The lowest BCUT2D eigenvalue weighted by Gasteiger charge is -2.11. The molecule has 1 aromatic heterocycles. The van der Waals surface area contributed by atoms with Crippen LogP contribution >= 0.6 is 0 Å². The number of carbonyl (C=O) groups is 2. The molecule has 0 saturated heterocycles. The van der Waals surface area contributed by atoms with Gasteiger partial charge in [0.15, 0.2) is 12.4 Å². The maximum Gasteiger partial charge on any atom is 0.449 e. The van der Waals surface area contributed by atoms with Crippen molar-refractivity contribution in [3.63, 3.8) is 0 Å². The lowest BCUT2D eigenvalue weighted by molar-refractivity contribution is -0.150. The lowest BCUT2D eigenvalue weighted by Crippen LogP contribution is -2.22. The van der Waals surface area contributed by atoms with Gasteiger partial charge in [-0.1, -0.05) is 12.1 Å². The van der Waals surface area contributed by atoms with E-state index in [0.29, 0.717) is 4.57 Å². The topological polar surface area (TPSA) is 61.2 Å². The number of alkyl halides is 3. The first-order chi connectivity index (χ1) is 12.8. The first kappa shape index (κ1) is 18.6. The smallest absolute Gasteiger partial charge is 0.449 e. The molecule has 0 spiro atoms. The molecule has 27 heavy (non-hydrogen) atoms. The second-order valence-corrected chi connectivity index (χ2v) is 5.60. The van der Waals surface area contributed by atoms with Crippen LogP contribution in [0.2, 0.25) is 0 Å². The van der Waals surface area contributed by atoms with Crippen molar-refractivity contribution in [3.8, 4) is 0 Å². The van der Waals surface area contributed by atoms with E-state index in [2.05, 4.69) is 4.98 Å². The van der Waals surface area contributed by atoms with Gasteiger partial charge in [-0.2, -0.15) is 13.2 Å². The monoisotopic (exact) mass is 380 g/mol. The van der Waals surface area contributed by atoms with E-state index in [1.807, 2.05) is 0 Å². The highest BCUT2D eigenvalue weighted by Crippen LogP contribution is 2.31. The number of nitrogens with zero attached hydrogens (tertiary/aromatic N) is 2. The van der Waals surface area contributed by atoms with E-state index >= 15 is 0 Å². The summed E-state index contributed by atoms with van der Waals surface area (Å²) in [5.41, 5.74) is 0.319. The average Bonchev–Trinajstić information content (AvgIpc) is 2.99. The molecule has 1 heterocycles. The van der Waals surface area contributed by atoms with Crippen LogP contribution in [0.4, 0.5) is 17.6 Å². The van der Waals surface area contributed by atoms with Gasteiger partial charge in [-0.05, 0) is 36.4 Å². The fraction of sp³-hybridized carbons (Fsp3) is 0.167. The highest BCUT2D eigenvalue weighted by Gasteiger charge is 2.38. The molecule has 0 radical (unpaired) electrons. The number of fused-ring (bicyclic) bond motifs is 1. The van der Waals surface area contributed by atoms with Gasteiger partial charge in [0.05, 0.1) is 11.0 Å². The second kappa shape index (κ2) is 7.18. The first-order valence-electron chi connectivity index (χ1n) is 7.72. The van der Waals surface area contributed by atoms with Gasteiger partial charge in [-0.15, -0.1) is 0 Å². The molecular weight excluding hydrogens is 368 g/mol. The molecule has 0 aliphatic carbocycles. The van der Waals surface area contributed by atoms with E-state index < -0.39 is 42.7 Å². The van der Waals surface area contributed by atoms with Crippen LogP contribution in [0.25, 0.3) is 11.0 Å². The fourth-order valence-electron chi connectivity index (χ4n) is 2.49. The van der Waals surface area contributed by atoms with Crippen molar-refractivity contribution in [2.24, 2.45) is 0 Å². The third-order valence-corrected chi connectivity index (χ3v) is 3.73. The molecule has 9 heteroatoms. The number of rotatable bonds is 5. The highest BCUT2D eigenvalue weighted by atomic mass is 19.4. The summed E-state index contributed by atoms with van der Waals surface area (Å²) in [6.07, 6.45) is -4.76. The molecule has 0 N–H and O–H groups in total. The van der Waals surface area contributed by atoms with Crippen molar-refractivity contribution in [3.05, 3.63) is 65.7 Å². The summed E-state index contributed by atoms with van der Waals surface area (Å²) >= 11 is 0. The summed E-state index contributed by atoms with van der Waals surface area (Å²) < 4.78 is 57.9. The Hall–Kier alpha value is -3.23. The van der Waals surface area contributed by atoms with Crippen molar-refractivity contribution in [2.75, 3.05) is 6.61 Å². The number of hydrogen-bond acceptors (Lipinski definition) is 4. The molecule has 0 unspecified atom stereocenters. The van der Waals surface area contributed by atoms with Crippen molar-refractivity contribution in [2.45, 2.75) is 12.7 Å². The predicted molar refractivity (Wildman–Crippen MR) is 86.4 cm³/mol. The molecule has 3 aromatic rings. The van der Waals surface area contributed by atoms with Crippen molar-refractivity contribution in [1.29, 1.82) is 0 Å². The predicted octanol–water partition coefficient (Wildman–Crippen LogP) is 3.62. The molecule has 5 nitrogen and oxygen atoms in total. The number of halogens is 4. The van der Waals surface area contributed by atoms with E-state index in [1.165, 1.54) is 36.4 Å². The van der Waals surface area contributed by atoms with E-state index in [9.17, 15) is 27.2 Å². The summed E-state index contributed by atoms with van der Waals surface area (Å²) in [5, 5.41) is 0. The van der Waals surface area contributed by atoms with Crippen LogP contribution in [0.1, 0.15) is 16.2 Å². The van der Waals surface area contributed by atoms with Gasteiger partial charge < -0.3 is 9.30 Å². The number of ketones is 1. The maximum atomic E-state index is 13.2. The largest absolute Gasteiger partial charge is 0.456 e. The number of imidazole rings is 1. The molecule has 0 bridgehead atoms. The third-order valence-electron chi connectivity index (χ3n) is 3.73. The Labute approximate surface area is 150 Å². The number of carbonyl (C=O) groups excluding carboxylic acids is 2. The van der Waals surface area contributed by atoms with E-state index in [-0.39, 0.29) is 16.6 Å². The van der Waals surface area contributed by atoms with Gasteiger partial charge in [0.1, 0.15) is 12.4 Å². The van der Waals surface area contributed by atoms with Gasteiger partial charge in [0.2, 0.25) is 5.82 Å². The Kier molecular flexibility index (Phi) is 4.93. The molecule has 0 saturated carbocycles. The fourth-order valence-corrected chi connectivity index (χ4v) is 2.49. The Bertz CT molecular complexity index is 994. The minimum atomic E-state index is -4.76. The van der Waals surface area contributed by atoms with Gasteiger partial charge in [-0.25, -0.2) is 9.37 Å². The quantitative estimate of drug-likeness (QED) is 0.385. The standard InChI is InChI=1S/C18H12F4N2O3/c19-12-7-5-11(6-8-12)15(25)10-27-16(26)9-24-14-4-2-1-3-13(14)23-17(24)18(20,21)22/h1-8H,9-10H2. The number of para-hydroxylation sites is 2. The number of esters is 1. The van der Waals surface area contributed by atoms with Crippen molar-refractivity contribution >= 4 is 22.8 Å². The minimum Gasteiger partial charge on any atom is -0.456 e. The number of benzene rings is 2. The molecule has 0 atom stereocenters. The van der Waals surface area contributed by atoms with Crippen LogP contribution in [0, 0.1) is 5.82 Å². The zero-order valence-electron chi connectivity index (χ0n) is 13.7. The zero-order valence-corrected chi connectivity index (χ0v) is 13.7. The first-order valence-corrected chi connectivity index (χ1v) is 7.72. The van der Waals surface area contributed by atoms with Gasteiger partial charge >= 0.3 is 12.1 Å². The SMILES string of the molecule is O=C(Cn1c(C(F)(F)F)nc2ccccc21)OCC(=O)c1ccc(F)cc1. The molecule has 0 fully saturated rings. The molecule has 2 aromatic carbocycles. The molecule has 0 aliphatic heterocycles. The summed E-state index contributed by atoms with van der Waals surface area (Å²) in [6, 6.07) is 10.4. The summed E-state index contributed by atoms with van der Waals surface area (Å²) in [5.74, 6) is -3.39. The number of Topliss-reactive ketones (excluding diaryl/α,β-unsaturated/α-hetero) is 1. The third kappa shape index (κ3) is 4.13. The van der Waals surface area contributed by atoms with E-state index in [4.69, 9.17) is 4.74 Å². The molecule has 3 rings (SSSR count). The molecular formula is C18H12F4N2O3. The Balaban J connectivity index is 1.74. The van der Waals surface area contributed by atoms with Crippen molar-refractivity contribution < 1.29 is 31.9 Å². The number of hydrogen-bond donors (Lipinski definition) is 0. The second-order valence-electron chi connectivity index (χ2n) is 5.60. The summed E-state index contributed by atoms with van der Waals surface area (Å²) in [4.78, 5) is 27.4. The van der Waals surface area contributed by atoms with Crippen LogP contribution in [0.15, 0.2) is 48.5 Å². The normalized spacial score (nSPS) is 11.6. The van der Waals surface area contributed by atoms with E-state index in [1.54, 1.807) is 0 Å². The minimum absolute atomic E-state index is 0.0833. The maximum absolute atomic E-state index is 13.2. The average molecular weight is 380 g/mol. The van der Waals surface area contributed by atoms with Crippen LogP contribution < -0.4 is 0 Å². The molecule has 0 aliphatic rings. The Morgan fingerprint density at radius 1 is 1.04 bits per heavy atom. The van der Waals surface area contributed by atoms with Crippen LogP contribution in [0.3, 0.4) is 0 Å². The molecule has 0 amide bonds. The molecule has 140 valence electrons. The summed E-state index contributed by atoms with van der Waals surface area (Å²) in [6.45, 7) is -1.43. The summed E-state index contributed by atoms with van der Waals surface area (Å²) in [7, 11) is 0. The number of ether oxygens (including phenoxy) is 1. The van der Waals surface area contributed by atoms with Crippen LogP contribution in [-0.4, -0.2) is 27.9 Å². The Morgan fingerprint density at radius 2 is 1.70 bits per heavy atom. The number of aromatic nitrogens is 2. The van der Waals surface area contributed by atoms with Gasteiger partial charge in [0.25, 0.3) is 0 Å². The van der Waals surface area contributed by atoms with Crippen molar-refractivity contribution in [1.82, 2.24) is 9.55 Å². The zero-order chi connectivity index (χ0) is 19.6. The van der Waals surface area contributed by atoms with Gasteiger partial charge in [-0.3, -0.25) is 9.59 Å². The lowest BCUT2D eigenvalue weighted by atomic mass is 10.1.